The molecule has 7 heteroatoms. The molecule has 3 aromatic rings. The molecule has 2 aliphatic rings. The van der Waals surface area contributed by atoms with Crippen molar-refractivity contribution in [1.82, 2.24) is 20.8 Å². The van der Waals surface area contributed by atoms with Crippen LogP contribution in [-0.2, 0) is 7.05 Å². The molecule has 0 radical (unpaired) electrons. The number of piperidine rings is 1. The predicted molar refractivity (Wildman–Crippen MR) is 109 cm³/mol. The van der Waals surface area contributed by atoms with Crippen molar-refractivity contribution in [3.05, 3.63) is 59.7 Å². The van der Waals surface area contributed by atoms with Gasteiger partial charge in [0.1, 0.15) is 22.2 Å². The van der Waals surface area contributed by atoms with E-state index in [1.165, 1.54) is 0 Å². The zero-order chi connectivity index (χ0) is 19.8. The first-order valence-electron chi connectivity index (χ1n) is 9.87. The number of nitrogens with one attached hydrogen (secondary N) is 2. The molecule has 3 heterocycles. The number of rotatable bonds is 3. The van der Waals surface area contributed by atoms with E-state index in [0.29, 0.717) is 0 Å². The van der Waals surface area contributed by atoms with Crippen LogP contribution in [0.3, 0.4) is 0 Å². The van der Waals surface area contributed by atoms with E-state index in [4.69, 9.17) is 9.47 Å². The van der Waals surface area contributed by atoms with Gasteiger partial charge in [0, 0.05) is 12.8 Å². The molecular formula is C22H24N5O2+. The van der Waals surface area contributed by atoms with Crippen molar-refractivity contribution >= 4 is 5.57 Å². The van der Waals surface area contributed by atoms with E-state index in [2.05, 4.69) is 51.2 Å². The van der Waals surface area contributed by atoms with Gasteiger partial charge in [-0.1, -0.05) is 23.4 Å². The standard InChI is InChI=1S/C22H23N5O2/c1-27-21(24-25-26-27)16-8-6-15(7-9-16)17-14-22(10-12-23-13-11-22)29-19-5-3-4-18(28-2)20(17)19/h3-9,14,23H,10-13H2,1-2H3/p+1. The normalized spacial score (nSPS) is 17.4. The average Bonchev–Trinajstić information content (AvgIpc) is 3.19. The number of H-pyrrole nitrogens is 1. The molecule has 0 amide bonds. The maximum atomic E-state index is 6.53. The second kappa shape index (κ2) is 7.00. The topological polar surface area (TPSA) is 75.9 Å². The van der Waals surface area contributed by atoms with Gasteiger partial charge < -0.3 is 14.8 Å². The fraction of sp³-hybridized carbons (Fsp3) is 0.318. The van der Waals surface area contributed by atoms with Crippen molar-refractivity contribution in [3.63, 3.8) is 0 Å². The summed E-state index contributed by atoms with van der Waals surface area (Å²) in [5, 5.41) is 14.3. The van der Waals surface area contributed by atoms with Gasteiger partial charge >= 0.3 is 5.82 Å². The van der Waals surface area contributed by atoms with E-state index in [1.807, 2.05) is 25.2 Å². The molecule has 2 aliphatic heterocycles. The molecule has 1 aromatic heterocycles. The van der Waals surface area contributed by atoms with Crippen LogP contribution in [0.15, 0.2) is 48.5 Å². The van der Waals surface area contributed by atoms with E-state index < -0.39 is 0 Å². The van der Waals surface area contributed by atoms with Crippen LogP contribution in [-0.4, -0.2) is 41.3 Å². The minimum absolute atomic E-state index is 0.281. The fourth-order valence-corrected chi connectivity index (χ4v) is 4.24. The van der Waals surface area contributed by atoms with Gasteiger partial charge in [-0.15, -0.1) is 0 Å². The largest absolute Gasteiger partial charge is 0.496 e. The molecule has 1 spiro atoms. The minimum Gasteiger partial charge on any atom is -0.496 e. The van der Waals surface area contributed by atoms with E-state index in [9.17, 15) is 0 Å². The van der Waals surface area contributed by atoms with Crippen LogP contribution in [0, 0.1) is 0 Å². The number of methoxy groups -OCH3 is 1. The molecule has 5 rings (SSSR count). The first kappa shape index (κ1) is 17.9. The van der Waals surface area contributed by atoms with Crippen LogP contribution in [0.2, 0.25) is 0 Å². The second-order valence-electron chi connectivity index (χ2n) is 7.57. The molecule has 1 saturated heterocycles. The Kier molecular flexibility index (Phi) is 4.32. The molecule has 148 valence electrons. The van der Waals surface area contributed by atoms with E-state index in [1.54, 1.807) is 11.8 Å². The first-order valence-corrected chi connectivity index (χ1v) is 9.87. The number of tetrazole rings is 1. The highest BCUT2D eigenvalue weighted by molar-refractivity contribution is 5.88. The molecule has 0 saturated carbocycles. The molecular weight excluding hydrogens is 366 g/mol. The van der Waals surface area contributed by atoms with Gasteiger partial charge in [-0.3, -0.25) is 0 Å². The lowest BCUT2D eigenvalue weighted by molar-refractivity contribution is -0.721. The molecule has 7 nitrogen and oxygen atoms in total. The number of hydrogen-bond donors (Lipinski definition) is 2. The lowest BCUT2D eigenvalue weighted by atomic mass is 9.83. The van der Waals surface area contributed by atoms with Gasteiger partial charge in [-0.25, -0.2) is 0 Å². The summed E-state index contributed by atoms with van der Waals surface area (Å²) in [7, 11) is 3.60. The van der Waals surface area contributed by atoms with Crippen molar-refractivity contribution in [2.45, 2.75) is 18.4 Å². The Morgan fingerprint density at radius 3 is 2.52 bits per heavy atom. The van der Waals surface area contributed by atoms with Crippen LogP contribution < -0.4 is 19.5 Å². The summed E-state index contributed by atoms with van der Waals surface area (Å²) >= 11 is 0. The Morgan fingerprint density at radius 2 is 1.83 bits per heavy atom. The van der Waals surface area contributed by atoms with E-state index in [-0.39, 0.29) is 5.60 Å². The molecule has 1 fully saturated rings. The molecule has 2 aromatic carbocycles. The maximum absolute atomic E-state index is 6.53. The summed E-state index contributed by atoms with van der Waals surface area (Å²) in [4.78, 5) is 0. The van der Waals surface area contributed by atoms with Gasteiger partial charge in [0.05, 0.1) is 25.3 Å². The van der Waals surface area contributed by atoms with Crippen LogP contribution in [0.1, 0.15) is 24.0 Å². The number of nitrogens with zero attached hydrogens (tertiary/aromatic N) is 3. The number of aryl methyl sites for hydroxylation is 1. The van der Waals surface area contributed by atoms with Crippen LogP contribution >= 0.6 is 0 Å². The highest BCUT2D eigenvalue weighted by Crippen LogP contribution is 2.46. The Bertz CT molecular complexity index is 1070. The van der Waals surface area contributed by atoms with E-state index >= 15 is 0 Å². The fourth-order valence-electron chi connectivity index (χ4n) is 4.24. The zero-order valence-electron chi connectivity index (χ0n) is 16.6. The van der Waals surface area contributed by atoms with E-state index in [0.717, 1.165) is 65.5 Å². The molecule has 0 atom stereocenters. The average molecular weight is 390 g/mol. The van der Waals surface area contributed by atoms with Gasteiger partial charge in [0.15, 0.2) is 5.21 Å². The van der Waals surface area contributed by atoms with Crippen molar-refractivity contribution in [1.29, 1.82) is 0 Å². The third-order valence-corrected chi connectivity index (χ3v) is 5.76. The van der Waals surface area contributed by atoms with Gasteiger partial charge in [-0.05, 0) is 54.6 Å². The molecule has 0 unspecified atom stereocenters. The van der Waals surface area contributed by atoms with Crippen LogP contribution in [0.5, 0.6) is 11.5 Å². The molecule has 0 bridgehead atoms. The summed E-state index contributed by atoms with van der Waals surface area (Å²) in [6, 6.07) is 14.4. The molecule has 29 heavy (non-hydrogen) atoms. The molecule has 2 N–H and O–H groups in total. The first-order chi connectivity index (χ1) is 14.2. The number of hydrogen-bond acceptors (Lipinski definition) is 5. The van der Waals surface area contributed by atoms with Gasteiger partial charge in [-0.2, -0.15) is 4.68 Å². The zero-order valence-corrected chi connectivity index (χ0v) is 16.6. The SMILES string of the molecule is COc1cccc2c1C(c1ccc(-c3nn[nH][n+]3C)cc1)=CC1(CCNCC1)O2. The monoisotopic (exact) mass is 390 g/mol. The van der Waals surface area contributed by atoms with Gasteiger partial charge in [0.25, 0.3) is 0 Å². The third-order valence-electron chi connectivity index (χ3n) is 5.76. The quantitative estimate of drug-likeness (QED) is 0.671. The summed E-state index contributed by atoms with van der Waals surface area (Å²) < 4.78 is 14.0. The van der Waals surface area contributed by atoms with Gasteiger partial charge in [0.2, 0.25) is 0 Å². The minimum atomic E-state index is -0.281. The number of ether oxygens (including phenoxy) is 2. The summed E-state index contributed by atoms with van der Waals surface area (Å²) in [5.74, 6) is 2.51. The van der Waals surface area contributed by atoms with Crippen LogP contribution in [0.4, 0.5) is 0 Å². The number of benzene rings is 2. The Morgan fingerprint density at radius 1 is 1.07 bits per heavy atom. The van der Waals surface area contributed by atoms with Crippen molar-refractivity contribution in [2.24, 2.45) is 7.05 Å². The van der Waals surface area contributed by atoms with Crippen molar-refractivity contribution in [2.75, 3.05) is 20.2 Å². The Balaban J connectivity index is 1.62. The number of fused-ring (bicyclic) bond motifs is 1. The highest BCUT2D eigenvalue weighted by atomic mass is 16.5. The van der Waals surface area contributed by atoms with Crippen LogP contribution in [0.25, 0.3) is 17.0 Å². The van der Waals surface area contributed by atoms with Crippen molar-refractivity contribution < 1.29 is 14.2 Å². The lowest BCUT2D eigenvalue weighted by Crippen LogP contribution is -2.46. The maximum Gasteiger partial charge on any atom is 0.331 e. The summed E-state index contributed by atoms with van der Waals surface area (Å²) in [5.41, 5.74) is 4.03. The highest BCUT2D eigenvalue weighted by Gasteiger charge is 2.38. The summed E-state index contributed by atoms with van der Waals surface area (Å²) in [6.45, 7) is 1.90. The predicted octanol–water partition coefficient (Wildman–Crippen LogP) is 2.25. The third kappa shape index (κ3) is 3.07. The van der Waals surface area contributed by atoms with Crippen molar-refractivity contribution in [3.8, 4) is 22.9 Å². The summed E-state index contributed by atoms with van der Waals surface area (Å²) in [6.07, 6.45) is 4.18. The lowest BCUT2D eigenvalue weighted by Gasteiger charge is -2.40. The Labute approximate surface area is 169 Å². The second-order valence-corrected chi connectivity index (χ2v) is 7.57. The molecule has 0 aliphatic carbocycles. The Hall–Kier alpha value is -3.19. The number of aromatic nitrogens is 4. The smallest absolute Gasteiger partial charge is 0.331 e. The number of aromatic amines is 1.